The highest BCUT2D eigenvalue weighted by molar-refractivity contribution is 9.10. The molecule has 5 heteroatoms. The van der Waals surface area contributed by atoms with E-state index < -0.39 is 12.2 Å². The molecule has 1 heterocycles. The molecule has 1 aromatic rings. The number of nitrogens with zero attached hydrogens (tertiary/aromatic N) is 1. The molecule has 16 heavy (non-hydrogen) atoms. The molecule has 0 saturated carbocycles. The standard InChI is InChI=1S/C11H15BrN2O2/c12-9-3-8(2-1-7(9)4-13)14-5-10(15)11(16)6-14/h1-3,10-11,15-16H,4-6,13H2. The summed E-state index contributed by atoms with van der Waals surface area (Å²) in [7, 11) is 0. The molecule has 1 aliphatic rings. The van der Waals surface area contributed by atoms with E-state index in [1.54, 1.807) is 0 Å². The van der Waals surface area contributed by atoms with Crippen LogP contribution in [0.15, 0.2) is 22.7 Å². The van der Waals surface area contributed by atoms with Gasteiger partial charge in [0, 0.05) is 29.8 Å². The summed E-state index contributed by atoms with van der Waals surface area (Å²) in [5.41, 5.74) is 7.61. The van der Waals surface area contributed by atoms with Crippen LogP contribution in [0.5, 0.6) is 0 Å². The maximum absolute atomic E-state index is 9.48. The van der Waals surface area contributed by atoms with Crippen molar-refractivity contribution < 1.29 is 10.2 Å². The Labute approximate surface area is 103 Å². The number of hydrogen-bond donors (Lipinski definition) is 3. The topological polar surface area (TPSA) is 69.7 Å². The minimum atomic E-state index is -0.659. The molecule has 0 bridgehead atoms. The van der Waals surface area contributed by atoms with Crippen LogP contribution >= 0.6 is 15.9 Å². The molecule has 0 radical (unpaired) electrons. The van der Waals surface area contributed by atoms with Crippen LogP contribution in [0.25, 0.3) is 0 Å². The Morgan fingerprint density at radius 2 is 1.94 bits per heavy atom. The lowest BCUT2D eigenvalue weighted by atomic mass is 10.2. The van der Waals surface area contributed by atoms with Gasteiger partial charge in [0.25, 0.3) is 0 Å². The predicted octanol–water partition coefficient (Wildman–Crippen LogP) is 0.450. The van der Waals surface area contributed by atoms with Crippen molar-refractivity contribution in [1.29, 1.82) is 0 Å². The van der Waals surface area contributed by atoms with Crippen molar-refractivity contribution in [1.82, 2.24) is 0 Å². The number of hydrogen-bond acceptors (Lipinski definition) is 4. The van der Waals surface area contributed by atoms with Gasteiger partial charge in [0.1, 0.15) is 0 Å². The van der Waals surface area contributed by atoms with Gasteiger partial charge in [-0.15, -0.1) is 0 Å². The minimum absolute atomic E-state index is 0.468. The van der Waals surface area contributed by atoms with Crippen LogP contribution in [0.4, 0.5) is 5.69 Å². The molecule has 1 aliphatic heterocycles. The van der Waals surface area contributed by atoms with Crippen molar-refractivity contribution in [3.8, 4) is 0 Å². The first-order chi connectivity index (χ1) is 7.61. The van der Waals surface area contributed by atoms with Crippen molar-refractivity contribution in [2.75, 3.05) is 18.0 Å². The Bertz CT molecular complexity index is 376. The van der Waals surface area contributed by atoms with Crippen LogP contribution in [-0.2, 0) is 6.54 Å². The quantitative estimate of drug-likeness (QED) is 0.738. The Balaban J connectivity index is 2.19. The molecule has 4 nitrogen and oxygen atoms in total. The largest absolute Gasteiger partial charge is 0.389 e. The summed E-state index contributed by atoms with van der Waals surface area (Å²) < 4.78 is 0.961. The van der Waals surface area contributed by atoms with Gasteiger partial charge in [0.2, 0.25) is 0 Å². The lowest BCUT2D eigenvalue weighted by molar-refractivity contribution is 0.0572. The van der Waals surface area contributed by atoms with Gasteiger partial charge in [-0.2, -0.15) is 0 Å². The summed E-state index contributed by atoms with van der Waals surface area (Å²) in [5, 5.41) is 19.0. The second kappa shape index (κ2) is 4.71. The monoisotopic (exact) mass is 286 g/mol. The number of rotatable bonds is 2. The second-order valence-electron chi connectivity index (χ2n) is 4.02. The molecule has 1 fully saturated rings. The molecule has 0 aliphatic carbocycles. The SMILES string of the molecule is NCc1ccc(N2CC(O)C(O)C2)cc1Br. The van der Waals surface area contributed by atoms with Gasteiger partial charge in [0.15, 0.2) is 0 Å². The van der Waals surface area contributed by atoms with Crippen molar-refractivity contribution in [2.24, 2.45) is 5.73 Å². The maximum Gasteiger partial charge on any atom is 0.0990 e. The number of nitrogens with two attached hydrogens (primary N) is 1. The summed E-state index contributed by atoms with van der Waals surface area (Å²) in [6.45, 7) is 1.43. The third-order valence-electron chi connectivity index (χ3n) is 2.88. The van der Waals surface area contributed by atoms with Gasteiger partial charge in [-0.25, -0.2) is 0 Å². The molecule has 1 saturated heterocycles. The third-order valence-corrected chi connectivity index (χ3v) is 3.62. The van der Waals surface area contributed by atoms with E-state index >= 15 is 0 Å². The summed E-state index contributed by atoms with van der Waals surface area (Å²) in [4.78, 5) is 1.96. The fourth-order valence-corrected chi connectivity index (χ4v) is 2.41. The Hall–Kier alpha value is -0.620. The zero-order valence-corrected chi connectivity index (χ0v) is 10.4. The van der Waals surface area contributed by atoms with E-state index in [2.05, 4.69) is 15.9 Å². The van der Waals surface area contributed by atoms with E-state index in [4.69, 9.17) is 5.73 Å². The Kier molecular flexibility index (Phi) is 3.49. The van der Waals surface area contributed by atoms with Crippen molar-refractivity contribution in [2.45, 2.75) is 18.8 Å². The Morgan fingerprint density at radius 3 is 2.44 bits per heavy atom. The van der Waals surface area contributed by atoms with Crippen LogP contribution in [0.3, 0.4) is 0 Å². The lowest BCUT2D eigenvalue weighted by Crippen LogP contribution is -2.22. The number of anilines is 1. The van der Waals surface area contributed by atoms with Crippen LogP contribution < -0.4 is 10.6 Å². The molecule has 0 aromatic heterocycles. The van der Waals surface area contributed by atoms with Crippen molar-refractivity contribution in [3.05, 3.63) is 28.2 Å². The zero-order valence-electron chi connectivity index (χ0n) is 8.81. The first-order valence-corrected chi connectivity index (χ1v) is 6.00. The molecule has 2 rings (SSSR count). The number of benzene rings is 1. The molecule has 1 aromatic carbocycles. The summed E-state index contributed by atoms with van der Waals surface area (Å²) >= 11 is 3.45. The maximum atomic E-state index is 9.48. The molecule has 2 unspecified atom stereocenters. The lowest BCUT2D eigenvalue weighted by Gasteiger charge is -2.18. The van der Waals surface area contributed by atoms with Crippen molar-refractivity contribution in [3.63, 3.8) is 0 Å². The molecule has 0 amide bonds. The zero-order chi connectivity index (χ0) is 11.7. The first kappa shape index (κ1) is 11.9. The molecular formula is C11H15BrN2O2. The third kappa shape index (κ3) is 2.22. The van der Waals surface area contributed by atoms with Gasteiger partial charge < -0.3 is 20.8 Å². The summed E-state index contributed by atoms with van der Waals surface area (Å²) in [6.07, 6.45) is -1.32. The van der Waals surface area contributed by atoms with Crippen LogP contribution in [0, 0.1) is 0 Å². The van der Waals surface area contributed by atoms with E-state index in [9.17, 15) is 10.2 Å². The number of β-amino-alcohol motifs (C(OH)–C–C–N with tert-alkyl or cyclic N) is 2. The number of halogens is 1. The van der Waals surface area contributed by atoms with Crippen LogP contribution in [-0.4, -0.2) is 35.5 Å². The van der Waals surface area contributed by atoms with Crippen LogP contribution in [0.1, 0.15) is 5.56 Å². The smallest absolute Gasteiger partial charge is 0.0990 e. The first-order valence-electron chi connectivity index (χ1n) is 5.21. The van der Waals surface area contributed by atoms with E-state index in [-0.39, 0.29) is 0 Å². The molecule has 4 N–H and O–H groups in total. The molecule has 0 spiro atoms. The highest BCUT2D eigenvalue weighted by Gasteiger charge is 2.29. The van der Waals surface area contributed by atoms with Gasteiger partial charge in [0.05, 0.1) is 12.2 Å². The summed E-state index contributed by atoms with van der Waals surface area (Å²) in [5.74, 6) is 0. The average Bonchev–Trinajstić information content (AvgIpc) is 2.59. The Morgan fingerprint density at radius 1 is 1.31 bits per heavy atom. The predicted molar refractivity (Wildman–Crippen MR) is 66.3 cm³/mol. The van der Waals surface area contributed by atoms with Crippen LogP contribution in [0.2, 0.25) is 0 Å². The highest BCUT2D eigenvalue weighted by atomic mass is 79.9. The number of aliphatic hydroxyl groups excluding tert-OH is 2. The van der Waals surface area contributed by atoms with Gasteiger partial charge >= 0.3 is 0 Å². The van der Waals surface area contributed by atoms with Gasteiger partial charge in [-0.3, -0.25) is 0 Å². The van der Waals surface area contributed by atoms with E-state index in [0.717, 1.165) is 15.7 Å². The minimum Gasteiger partial charge on any atom is -0.389 e. The van der Waals surface area contributed by atoms with Crippen molar-refractivity contribution >= 4 is 21.6 Å². The van der Waals surface area contributed by atoms with Gasteiger partial charge in [-0.1, -0.05) is 22.0 Å². The fraction of sp³-hybridized carbons (Fsp3) is 0.455. The molecule has 2 atom stereocenters. The molecule has 88 valence electrons. The fourth-order valence-electron chi connectivity index (χ4n) is 1.88. The average molecular weight is 287 g/mol. The van der Waals surface area contributed by atoms with Gasteiger partial charge in [-0.05, 0) is 17.7 Å². The van der Waals surface area contributed by atoms with E-state index in [1.807, 2.05) is 23.1 Å². The normalized spacial score (nSPS) is 25.1. The van der Waals surface area contributed by atoms with E-state index in [0.29, 0.717) is 19.6 Å². The number of aliphatic hydroxyl groups is 2. The summed E-state index contributed by atoms with van der Waals surface area (Å²) in [6, 6.07) is 5.88. The second-order valence-corrected chi connectivity index (χ2v) is 4.87. The highest BCUT2D eigenvalue weighted by Crippen LogP contribution is 2.26. The van der Waals surface area contributed by atoms with E-state index in [1.165, 1.54) is 0 Å². The molecular weight excluding hydrogens is 272 g/mol.